The molecule has 3 rings (SSSR count). The molecule has 3 aromatic rings. The van der Waals surface area contributed by atoms with Crippen molar-refractivity contribution >= 4 is 28.1 Å². The third-order valence-corrected chi connectivity index (χ3v) is 5.72. The van der Waals surface area contributed by atoms with Crippen molar-refractivity contribution in [3.8, 4) is 10.4 Å². The number of amides is 1. The van der Waals surface area contributed by atoms with Gasteiger partial charge in [0.15, 0.2) is 0 Å². The summed E-state index contributed by atoms with van der Waals surface area (Å²) in [5.41, 5.74) is 4.46. The number of aliphatic hydroxyl groups excluding tert-OH is 1. The summed E-state index contributed by atoms with van der Waals surface area (Å²) in [5, 5.41) is 22.6. The quantitative estimate of drug-likeness (QED) is 0.369. The molecule has 0 aliphatic heterocycles. The molecule has 1 aromatic carbocycles. The molecule has 176 valence electrons. The van der Waals surface area contributed by atoms with Gasteiger partial charge in [0.2, 0.25) is 0 Å². The number of pyridine rings is 1. The molecule has 0 saturated carbocycles. The second-order valence-corrected chi connectivity index (χ2v) is 9.15. The van der Waals surface area contributed by atoms with Gasteiger partial charge in [-0.2, -0.15) is 0 Å². The van der Waals surface area contributed by atoms with E-state index in [1.54, 1.807) is 25.1 Å². The number of carbonyl (C=O) groups is 1. The van der Waals surface area contributed by atoms with Gasteiger partial charge < -0.3 is 26.0 Å². The average Bonchev–Trinajstić information content (AvgIpc) is 3.10. The van der Waals surface area contributed by atoms with Gasteiger partial charge >= 0.3 is 0 Å². The highest BCUT2D eigenvalue weighted by Crippen LogP contribution is 2.40. The molecule has 2 heterocycles. The number of aromatic nitrogens is 1. The third kappa shape index (κ3) is 6.11. The lowest BCUT2D eigenvalue weighted by atomic mass is 9.96. The van der Waals surface area contributed by atoms with E-state index in [4.69, 9.17) is 10.5 Å². The zero-order valence-corrected chi connectivity index (χ0v) is 19.2. The normalized spacial score (nSPS) is 12.6. The van der Waals surface area contributed by atoms with Gasteiger partial charge in [-0.1, -0.05) is 6.07 Å². The Bertz CT molecular complexity index is 1140. The first-order valence-corrected chi connectivity index (χ1v) is 10.9. The zero-order valence-electron chi connectivity index (χ0n) is 18.4. The van der Waals surface area contributed by atoms with Crippen LogP contribution in [-0.2, 0) is 16.9 Å². The average molecular weight is 478 g/mol. The van der Waals surface area contributed by atoms with Crippen LogP contribution in [0, 0.1) is 11.6 Å². The van der Waals surface area contributed by atoms with Gasteiger partial charge in [0.05, 0.1) is 41.7 Å². The van der Waals surface area contributed by atoms with Gasteiger partial charge in [0.1, 0.15) is 22.5 Å². The van der Waals surface area contributed by atoms with E-state index < -0.39 is 29.2 Å². The van der Waals surface area contributed by atoms with Gasteiger partial charge in [0, 0.05) is 4.88 Å². The van der Waals surface area contributed by atoms with Crippen LogP contribution in [0.4, 0.5) is 19.6 Å². The number of primary amides is 1. The second-order valence-electron chi connectivity index (χ2n) is 8.09. The van der Waals surface area contributed by atoms with E-state index in [1.165, 1.54) is 19.9 Å². The lowest BCUT2D eigenvalue weighted by Gasteiger charge is -2.18. The molecule has 0 fully saturated rings. The van der Waals surface area contributed by atoms with E-state index in [0.29, 0.717) is 11.5 Å². The lowest BCUT2D eigenvalue weighted by molar-refractivity contribution is 0.0363. The molecule has 0 radical (unpaired) electrons. The summed E-state index contributed by atoms with van der Waals surface area (Å²) in [5.74, 6) is -2.13. The Labute approximate surface area is 193 Å². The summed E-state index contributed by atoms with van der Waals surface area (Å²) in [7, 11) is 0. The van der Waals surface area contributed by atoms with E-state index in [-0.39, 0.29) is 39.8 Å². The summed E-state index contributed by atoms with van der Waals surface area (Å²) in [6.45, 7) is 4.78. The molecule has 1 atom stereocenters. The molecule has 1 amide bonds. The fourth-order valence-electron chi connectivity index (χ4n) is 3.03. The number of nitrogens with one attached hydrogen (secondary N) is 1. The van der Waals surface area contributed by atoms with E-state index in [9.17, 15) is 23.8 Å². The second kappa shape index (κ2) is 9.92. The Morgan fingerprint density at radius 1 is 1.27 bits per heavy atom. The first-order valence-electron chi connectivity index (χ1n) is 10.1. The van der Waals surface area contributed by atoms with E-state index in [1.807, 2.05) is 0 Å². The Morgan fingerprint density at radius 3 is 2.52 bits per heavy atom. The number of nitrogens with zero attached hydrogens (tertiary/aromatic N) is 1. The standard InChI is InChI=1S/C23H25F2N3O4S/c1-12(29)10-32-11-14-5-4-6-19(27-14)28-22-15(21(26)30)9-18(33-22)20-16(24)7-13(8-17(20)25)23(2,3)31/h4-9,12,29,31H,10-11H2,1-3H3,(H2,26,30)(H,27,28)/t12-/m0/s1. The number of carbonyl (C=O) groups excluding carboxylic acids is 1. The predicted octanol–water partition coefficient (Wildman–Crippen LogP) is 4.06. The number of hydrogen-bond acceptors (Lipinski definition) is 7. The lowest BCUT2D eigenvalue weighted by Crippen LogP contribution is -2.16. The van der Waals surface area contributed by atoms with Crippen molar-refractivity contribution in [2.45, 2.75) is 39.1 Å². The molecular formula is C23H25F2N3O4S. The topological polar surface area (TPSA) is 118 Å². The minimum absolute atomic E-state index is 0.0536. The Hall–Kier alpha value is -2.92. The van der Waals surface area contributed by atoms with Crippen LogP contribution in [0.25, 0.3) is 10.4 Å². The maximum atomic E-state index is 14.8. The smallest absolute Gasteiger partial charge is 0.251 e. The highest BCUT2D eigenvalue weighted by atomic mass is 32.1. The SMILES string of the molecule is C[C@H](O)COCc1cccc(Nc2sc(-c3c(F)cc(C(C)(C)O)cc3F)cc2C(N)=O)n1. The molecule has 7 nitrogen and oxygen atoms in total. The molecule has 0 spiro atoms. The van der Waals surface area contributed by atoms with E-state index >= 15 is 0 Å². The molecular weight excluding hydrogens is 452 g/mol. The number of benzene rings is 1. The molecule has 0 unspecified atom stereocenters. The highest BCUT2D eigenvalue weighted by Gasteiger charge is 2.24. The first-order chi connectivity index (χ1) is 15.5. The number of ether oxygens (including phenoxy) is 1. The monoisotopic (exact) mass is 477 g/mol. The number of nitrogens with two attached hydrogens (primary N) is 1. The Kier molecular flexibility index (Phi) is 7.43. The maximum absolute atomic E-state index is 14.8. The summed E-state index contributed by atoms with van der Waals surface area (Å²) in [6, 6.07) is 8.55. The number of thiophene rings is 1. The van der Waals surface area contributed by atoms with Gasteiger partial charge in [-0.05, 0) is 56.7 Å². The number of halogens is 2. The van der Waals surface area contributed by atoms with Crippen molar-refractivity contribution in [2.75, 3.05) is 11.9 Å². The van der Waals surface area contributed by atoms with Crippen LogP contribution < -0.4 is 11.1 Å². The number of aliphatic hydroxyl groups is 2. The van der Waals surface area contributed by atoms with Crippen LogP contribution >= 0.6 is 11.3 Å². The van der Waals surface area contributed by atoms with E-state index in [0.717, 1.165) is 23.5 Å². The highest BCUT2D eigenvalue weighted by molar-refractivity contribution is 7.20. The fourth-order valence-corrected chi connectivity index (χ4v) is 4.15. The van der Waals surface area contributed by atoms with Crippen molar-refractivity contribution in [1.29, 1.82) is 0 Å². The van der Waals surface area contributed by atoms with Crippen LogP contribution in [-0.4, -0.2) is 33.8 Å². The molecule has 10 heteroatoms. The molecule has 2 aromatic heterocycles. The molecule has 33 heavy (non-hydrogen) atoms. The number of rotatable bonds is 9. The fraction of sp³-hybridized carbons (Fsp3) is 0.304. The number of anilines is 2. The van der Waals surface area contributed by atoms with E-state index in [2.05, 4.69) is 10.3 Å². The predicted molar refractivity (Wildman–Crippen MR) is 122 cm³/mol. The minimum Gasteiger partial charge on any atom is -0.391 e. The van der Waals surface area contributed by atoms with Crippen molar-refractivity contribution in [3.63, 3.8) is 0 Å². The summed E-state index contributed by atoms with van der Waals surface area (Å²) in [6.07, 6.45) is -0.604. The third-order valence-electron chi connectivity index (χ3n) is 4.65. The summed E-state index contributed by atoms with van der Waals surface area (Å²) in [4.78, 5) is 16.5. The van der Waals surface area contributed by atoms with Crippen molar-refractivity contribution in [2.24, 2.45) is 5.73 Å². The molecule has 0 saturated heterocycles. The first kappa shape index (κ1) is 24.7. The minimum atomic E-state index is -1.42. The molecule has 5 N–H and O–H groups in total. The van der Waals surface area contributed by atoms with Crippen LogP contribution in [0.15, 0.2) is 36.4 Å². The van der Waals surface area contributed by atoms with Crippen LogP contribution in [0.2, 0.25) is 0 Å². The molecule has 0 aliphatic carbocycles. The summed E-state index contributed by atoms with van der Waals surface area (Å²) >= 11 is 0.946. The summed E-state index contributed by atoms with van der Waals surface area (Å²) < 4.78 is 35.0. The van der Waals surface area contributed by atoms with Gasteiger partial charge in [0.25, 0.3) is 5.91 Å². The largest absolute Gasteiger partial charge is 0.391 e. The maximum Gasteiger partial charge on any atom is 0.251 e. The van der Waals surface area contributed by atoms with Crippen LogP contribution in [0.3, 0.4) is 0 Å². The van der Waals surface area contributed by atoms with Crippen molar-refractivity contribution in [3.05, 3.63) is 64.9 Å². The van der Waals surface area contributed by atoms with Crippen molar-refractivity contribution in [1.82, 2.24) is 4.98 Å². The van der Waals surface area contributed by atoms with Gasteiger partial charge in [-0.15, -0.1) is 11.3 Å². The van der Waals surface area contributed by atoms with Crippen LogP contribution in [0.1, 0.15) is 42.4 Å². The zero-order chi connectivity index (χ0) is 24.3. The Balaban J connectivity index is 1.92. The Morgan fingerprint density at radius 2 is 1.94 bits per heavy atom. The molecule has 0 bridgehead atoms. The van der Waals surface area contributed by atoms with Crippen molar-refractivity contribution < 1.29 is 28.5 Å². The number of hydrogen-bond donors (Lipinski definition) is 4. The molecule has 0 aliphatic rings. The van der Waals surface area contributed by atoms with Gasteiger partial charge in [-0.25, -0.2) is 13.8 Å². The van der Waals surface area contributed by atoms with Crippen LogP contribution in [0.5, 0.6) is 0 Å². The van der Waals surface area contributed by atoms with Gasteiger partial charge in [-0.3, -0.25) is 4.79 Å².